The van der Waals surface area contributed by atoms with E-state index in [1.54, 1.807) is 18.3 Å². The van der Waals surface area contributed by atoms with E-state index in [9.17, 15) is 4.79 Å². The lowest BCUT2D eigenvalue weighted by molar-refractivity contribution is 0.0973. The van der Waals surface area contributed by atoms with Crippen LogP contribution in [0.25, 0.3) is 0 Å². The van der Waals surface area contributed by atoms with Gasteiger partial charge in [0.1, 0.15) is 0 Å². The summed E-state index contributed by atoms with van der Waals surface area (Å²) in [6, 6.07) is 3.45. The van der Waals surface area contributed by atoms with E-state index in [2.05, 4.69) is 42.2 Å². The van der Waals surface area contributed by atoms with Crippen molar-refractivity contribution in [1.29, 1.82) is 0 Å². The summed E-state index contributed by atoms with van der Waals surface area (Å²) in [6.45, 7) is 0. The molecule has 0 radical (unpaired) electrons. The topological polar surface area (TPSA) is 98.1 Å². The maximum absolute atomic E-state index is 11.7. The number of anilines is 1. The molecule has 16 heavy (non-hydrogen) atoms. The molecule has 2 aromatic heterocycles. The Balaban J connectivity index is 2.26. The van der Waals surface area contributed by atoms with Crippen LogP contribution in [0.3, 0.4) is 0 Å². The zero-order valence-corrected chi connectivity index (χ0v) is 10.0. The molecule has 0 bridgehead atoms. The standard InChI is InChI=1S/C8H6IN5O2/c9-5-1-2-11-6(3-5)14(10)8(15)7-12-4-16-13-7/h1-4H,10H2. The lowest BCUT2D eigenvalue weighted by atomic mass is 10.4. The van der Waals surface area contributed by atoms with Crippen molar-refractivity contribution in [2.24, 2.45) is 5.84 Å². The van der Waals surface area contributed by atoms with Crippen LogP contribution in [0, 0.1) is 3.57 Å². The predicted octanol–water partition coefficient (Wildman–Crippen LogP) is 0.590. The second-order valence-corrected chi connectivity index (χ2v) is 4.01. The Labute approximate surface area is 104 Å². The summed E-state index contributed by atoms with van der Waals surface area (Å²) in [5.74, 6) is 5.23. The number of nitrogens with two attached hydrogens (primary N) is 1. The van der Waals surface area contributed by atoms with Crippen LogP contribution in [-0.4, -0.2) is 21.0 Å². The van der Waals surface area contributed by atoms with Gasteiger partial charge in [-0.05, 0) is 34.7 Å². The molecule has 82 valence electrons. The quantitative estimate of drug-likeness (QED) is 0.374. The molecule has 0 aromatic carbocycles. The number of hydrogen-bond donors (Lipinski definition) is 1. The number of amides is 1. The first-order valence-corrected chi connectivity index (χ1v) is 5.23. The Bertz CT molecular complexity index is 501. The minimum Gasteiger partial charge on any atom is -0.342 e. The number of hydrogen-bond acceptors (Lipinski definition) is 6. The van der Waals surface area contributed by atoms with E-state index in [4.69, 9.17) is 5.84 Å². The van der Waals surface area contributed by atoms with Crippen molar-refractivity contribution < 1.29 is 9.32 Å². The molecule has 0 spiro atoms. The van der Waals surface area contributed by atoms with Crippen LogP contribution < -0.4 is 10.9 Å². The van der Waals surface area contributed by atoms with E-state index in [1.807, 2.05) is 0 Å². The van der Waals surface area contributed by atoms with E-state index in [0.717, 1.165) is 15.0 Å². The van der Waals surface area contributed by atoms with Gasteiger partial charge in [-0.15, -0.1) is 0 Å². The fourth-order valence-electron chi connectivity index (χ4n) is 1.00. The summed E-state index contributed by atoms with van der Waals surface area (Å²) in [4.78, 5) is 19.3. The molecule has 0 fully saturated rings. The van der Waals surface area contributed by atoms with Crippen LogP contribution in [0.15, 0.2) is 29.2 Å². The Morgan fingerprint density at radius 1 is 1.50 bits per heavy atom. The number of nitrogens with zero attached hydrogens (tertiary/aromatic N) is 4. The molecule has 1 amide bonds. The fourth-order valence-corrected chi connectivity index (χ4v) is 1.44. The minimum atomic E-state index is -0.580. The molecule has 0 aliphatic heterocycles. The number of halogens is 1. The first kappa shape index (κ1) is 11.0. The number of carbonyl (C=O) groups is 1. The lowest BCUT2D eigenvalue weighted by Gasteiger charge is -2.12. The smallest absolute Gasteiger partial charge is 0.315 e. The number of carbonyl (C=O) groups excluding carboxylic acids is 1. The summed E-state index contributed by atoms with van der Waals surface area (Å²) >= 11 is 2.09. The molecular weight excluding hydrogens is 325 g/mol. The molecule has 8 heteroatoms. The van der Waals surface area contributed by atoms with Gasteiger partial charge < -0.3 is 4.52 Å². The summed E-state index contributed by atoms with van der Waals surface area (Å²) in [5, 5.41) is 4.27. The first-order chi connectivity index (χ1) is 7.68. The number of aromatic nitrogens is 3. The first-order valence-electron chi connectivity index (χ1n) is 4.15. The summed E-state index contributed by atoms with van der Waals surface area (Å²) < 4.78 is 5.38. The molecule has 2 aromatic rings. The Morgan fingerprint density at radius 2 is 2.31 bits per heavy atom. The van der Waals surface area contributed by atoms with Crippen molar-refractivity contribution in [2.75, 3.05) is 5.01 Å². The van der Waals surface area contributed by atoms with Crippen LogP contribution in [-0.2, 0) is 0 Å². The van der Waals surface area contributed by atoms with Gasteiger partial charge in [0.05, 0.1) is 0 Å². The normalized spacial score (nSPS) is 10.1. The molecule has 0 aliphatic rings. The van der Waals surface area contributed by atoms with Gasteiger partial charge >= 0.3 is 5.91 Å². The zero-order valence-electron chi connectivity index (χ0n) is 7.87. The van der Waals surface area contributed by atoms with Crippen LogP contribution in [0.2, 0.25) is 0 Å². The number of rotatable bonds is 2. The highest BCUT2D eigenvalue weighted by atomic mass is 127. The van der Waals surface area contributed by atoms with Crippen molar-refractivity contribution in [2.45, 2.75) is 0 Å². The van der Waals surface area contributed by atoms with E-state index >= 15 is 0 Å². The van der Waals surface area contributed by atoms with Gasteiger partial charge in [0, 0.05) is 9.77 Å². The molecular formula is C8H6IN5O2. The van der Waals surface area contributed by atoms with Gasteiger partial charge in [-0.1, -0.05) is 5.16 Å². The van der Waals surface area contributed by atoms with Crippen LogP contribution in [0.5, 0.6) is 0 Å². The fraction of sp³-hybridized carbons (Fsp3) is 0. The van der Waals surface area contributed by atoms with E-state index in [1.165, 1.54) is 0 Å². The zero-order chi connectivity index (χ0) is 11.5. The third-order valence-corrected chi connectivity index (χ3v) is 2.40. The van der Waals surface area contributed by atoms with Gasteiger partial charge in [0.15, 0.2) is 5.82 Å². The molecule has 0 aliphatic carbocycles. The molecule has 0 saturated heterocycles. The number of hydrazine groups is 1. The molecule has 0 atom stereocenters. The van der Waals surface area contributed by atoms with Crippen molar-refractivity contribution >= 4 is 34.3 Å². The second kappa shape index (κ2) is 4.53. The molecule has 7 nitrogen and oxygen atoms in total. The van der Waals surface area contributed by atoms with E-state index in [-0.39, 0.29) is 5.82 Å². The molecule has 0 saturated carbocycles. The average molecular weight is 331 g/mol. The largest absolute Gasteiger partial charge is 0.342 e. The monoisotopic (exact) mass is 331 g/mol. The minimum absolute atomic E-state index is 0.108. The molecule has 2 heterocycles. The maximum Gasteiger partial charge on any atom is 0.315 e. The highest BCUT2D eigenvalue weighted by Crippen LogP contribution is 2.12. The molecule has 0 unspecified atom stereocenters. The highest BCUT2D eigenvalue weighted by molar-refractivity contribution is 14.1. The van der Waals surface area contributed by atoms with Gasteiger partial charge in [-0.2, -0.15) is 4.98 Å². The summed E-state index contributed by atoms with van der Waals surface area (Å²) in [5.41, 5.74) is 0. The Kier molecular flexibility index (Phi) is 3.10. The number of pyridine rings is 1. The van der Waals surface area contributed by atoms with Gasteiger partial charge in [0.2, 0.25) is 6.39 Å². The van der Waals surface area contributed by atoms with E-state index in [0.29, 0.717) is 5.82 Å². The van der Waals surface area contributed by atoms with Crippen LogP contribution in [0.1, 0.15) is 10.6 Å². The predicted molar refractivity (Wildman–Crippen MR) is 62.2 cm³/mol. The van der Waals surface area contributed by atoms with Crippen molar-refractivity contribution in [3.63, 3.8) is 0 Å². The van der Waals surface area contributed by atoms with Gasteiger partial charge in [-0.25, -0.2) is 15.8 Å². The summed E-state index contributed by atoms with van der Waals surface area (Å²) in [7, 11) is 0. The van der Waals surface area contributed by atoms with Gasteiger partial charge in [0.25, 0.3) is 5.82 Å². The van der Waals surface area contributed by atoms with Gasteiger partial charge in [-0.3, -0.25) is 4.79 Å². The van der Waals surface area contributed by atoms with Crippen molar-refractivity contribution in [3.05, 3.63) is 34.1 Å². The molecule has 2 rings (SSSR count). The third-order valence-electron chi connectivity index (χ3n) is 1.73. The molecule has 2 N–H and O–H groups in total. The highest BCUT2D eigenvalue weighted by Gasteiger charge is 2.19. The van der Waals surface area contributed by atoms with Crippen LogP contribution >= 0.6 is 22.6 Å². The Hall–Kier alpha value is -1.55. The Morgan fingerprint density at radius 3 is 2.94 bits per heavy atom. The second-order valence-electron chi connectivity index (χ2n) is 2.76. The third kappa shape index (κ3) is 2.17. The lowest BCUT2D eigenvalue weighted by Crippen LogP contribution is -2.38. The maximum atomic E-state index is 11.7. The average Bonchev–Trinajstić information content (AvgIpc) is 2.80. The van der Waals surface area contributed by atoms with Crippen molar-refractivity contribution in [1.82, 2.24) is 15.1 Å². The van der Waals surface area contributed by atoms with E-state index < -0.39 is 5.91 Å². The summed E-state index contributed by atoms with van der Waals surface area (Å²) in [6.07, 6.45) is 2.61. The van der Waals surface area contributed by atoms with Crippen LogP contribution in [0.4, 0.5) is 5.82 Å². The van der Waals surface area contributed by atoms with Crippen molar-refractivity contribution in [3.8, 4) is 0 Å². The SMILES string of the molecule is NN(C(=O)c1ncon1)c1cc(I)ccn1.